The van der Waals surface area contributed by atoms with Crippen molar-refractivity contribution in [1.29, 1.82) is 0 Å². The standard InChI is InChI=1S/C30H37N3O5/c1-30(2,3)38-27(35)16-15-25(28(31)19-9-8-10-19)33-26(34)17-32-29(36)37-18-24-22-13-6-4-11-20(22)21-12-5-7-14-23(21)24/h4-7,11-14,24-25H,8-10,15-18,31H2,1-3H3,(H,32,36)(H,33,34). The zero-order chi connectivity index (χ0) is 27.3. The van der Waals surface area contributed by atoms with Crippen LogP contribution in [-0.2, 0) is 19.1 Å². The predicted octanol–water partition coefficient (Wildman–Crippen LogP) is 4.53. The zero-order valence-electron chi connectivity index (χ0n) is 22.3. The average Bonchev–Trinajstić information content (AvgIpc) is 3.15. The second-order valence-electron chi connectivity index (χ2n) is 10.8. The maximum Gasteiger partial charge on any atom is 0.407 e. The lowest BCUT2D eigenvalue weighted by Gasteiger charge is -2.27. The summed E-state index contributed by atoms with van der Waals surface area (Å²) in [5.74, 6) is -0.816. The molecule has 8 nitrogen and oxygen atoms in total. The van der Waals surface area contributed by atoms with Crippen molar-refractivity contribution in [3.63, 3.8) is 0 Å². The van der Waals surface area contributed by atoms with E-state index in [2.05, 4.69) is 22.8 Å². The van der Waals surface area contributed by atoms with Crippen LogP contribution in [0.15, 0.2) is 59.8 Å². The number of alkyl carbamates (subject to hydrolysis) is 1. The van der Waals surface area contributed by atoms with Crippen molar-refractivity contribution in [2.24, 2.45) is 5.73 Å². The Balaban J connectivity index is 1.29. The van der Waals surface area contributed by atoms with Gasteiger partial charge in [-0.1, -0.05) is 48.5 Å². The largest absolute Gasteiger partial charge is 0.460 e. The molecule has 202 valence electrons. The Hall–Kier alpha value is -3.81. The number of allylic oxidation sites excluding steroid dienone is 1. The van der Waals surface area contributed by atoms with Gasteiger partial charge in [-0.2, -0.15) is 0 Å². The molecular formula is C30H37N3O5. The molecule has 0 bridgehead atoms. The molecule has 1 atom stereocenters. The third kappa shape index (κ3) is 6.73. The molecule has 2 amide bonds. The summed E-state index contributed by atoms with van der Waals surface area (Å²) in [5, 5.41) is 5.39. The van der Waals surface area contributed by atoms with Gasteiger partial charge in [0, 0.05) is 18.0 Å². The maximum atomic E-state index is 12.7. The summed E-state index contributed by atoms with van der Waals surface area (Å²) in [6, 6.07) is 15.7. The number of hydrogen-bond acceptors (Lipinski definition) is 6. The normalized spacial score (nSPS) is 15.0. The molecule has 0 saturated heterocycles. The molecule has 2 aliphatic rings. The molecule has 2 aromatic carbocycles. The van der Waals surface area contributed by atoms with Gasteiger partial charge < -0.3 is 25.8 Å². The number of rotatable bonds is 9. The smallest absolute Gasteiger partial charge is 0.407 e. The van der Waals surface area contributed by atoms with E-state index >= 15 is 0 Å². The van der Waals surface area contributed by atoms with Crippen molar-refractivity contribution in [3.8, 4) is 11.1 Å². The number of hydrogen-bond donors (Lipinski definition) is 3. The molecule has 8 heteroatoms. The summed E-state index contributed by atoms with van der Waals surface area (Å²) >= 11 is 0. The molecule has 1 saturated carbocycles. The molecule has 38 heavy (non-hydrogen) atoms. The minimum atomic E-state index is -0.669. The molecule has 2 aromatic rings. The van der Waals surface area contributed by atoms with Gasteiger partial charge in [-0.15, -0.1) is 0 Å². The van der Waals surface area contributed by atoms with E-state index in [4.69, 9.17) is 15.2 Å². The number of ether oxygens (including phenoxy) is 2. The van der Waals surface area contributed by atoms with E-state index in [0.29, 0.717) is 12.1 Å². The summed E-state index contributed by atoms with van der Waals surface area (Å²) in [6.07, 6.45) is 2.62. The third-order valence-corrected chi connectivity index (χ3v) is 6.87. The molecule has 0 aliphatic heterocycles. The highest BCUT2D eigenvalue weighted by Crippen LogP contribution is 2.44. The first-order valence-corrected chi connectivity index (χ1v) is 13.2. The summed E-state index contributed by atoms with van der Waals surface area (Å²) in [5.41, 5.74) is 12.0. The molecule has 1 fully saturated rings. The second kappa shape index (κ2) is 11.7. The molecule has 2 aliphatic carbocycles. The van der Waals surface area contributed by atoms with Gasteiger partial charge in [0.15, 0.2) is 0 Å². The van der Waals surface area contributed by atoms with Crippen LogP contribution < -0.4 is 16.4 Å². The molecule has 0 aromatic heterocycles. The fourth-order valence-electron chi connectivity index (χ4n) is 4.90. The Bertz CT molecular complexity index is 1180. The first-order valence-electron chi connectivity index (χ1n) is 13.2. The topological polar surface area (TPSA) is 120 Å². The van der Waals surface area contributed by atoms with Gasteiger partial charge in [0.2, 0.25) is 5.91 Å². The van der Waals surface area contributed by atoms with Crippen LogP contribution in [0, 0.1) is 0 Å². The molecule has 1 unspecified atom stereocenters. The predicted molar refractivity (Wildman–Crippen MR) is 145 cm³/mol. The number of fused-ring (bicyclic) bond motifs is 3. The van der Waals surface area contributed by atoms with Crippen LogP contribution in [0.5, 0.6) is 0 Å². The van der Waals surface area contributed by atoms with Gasteiger partial charge in [0.05, 0.1) is 6.04 Å². The van der Waals surface area contributed by atoms with Gasteiger partial charge >= 0.3 is 12.1 Å². The SMILES string of the molecule is CC(C)(C)OC(=O)CCC(NC(=O)CNC(=O)OCC1c2ccccc2-c2ccccc21)C(N)=C1CCC1. The third-order valence-electron chi connectivity index (χ3n) is 6.87. The van der Waals surface area contributed by atoms with Crippen LogP contribution in [-0.4, -0.2) is 42.8 Å². The van der Waals surface area contributed by atoms with Crippen molar-refractivity contribution in [2.45, 2.75) is 70.4 Å². The number of amides is 2. The molecule has 4 N–H and O–H groups in total. The van der Waals surface area contributed by atoms with Crippen LogP contribution in [0.4, 0.5) is 4.79 Å². The van der Waals surface area contributed by atoms with E-state index < -0.39 is 23.6 Å². The lowest BCUT2D eigenvalue weighted by Crippen LogP contribution is -2.45. The Kier molecular flexibility index (Phi) is 8.39. The molecule has 0 spiro atoms. The Morgan fingerprint density at radius 1 is 1.00 bits per heavy atom. The highest BCUT2D eigenvalue weighted by Gasteiger charge is 2.29. The van der Waals surface area contributed by atoms with Crippen molar-refractivity contribution in [3.05, 3.63) is 70.9 Å². The Morgan fingerprint density at radius 2 is 1.61 bits per heavy atom. The summed E-state index contributed by atoms with van der Waals surface area (Å²) in [7, 11) is 0. The Labute approximate surface area is 224 Å². The number of nitrogens with one attached hydrogen (secondary N) is 2. The van der Waals surface area contributed by atoms with E-state index in [-0.39, 0.29) is 31.5 Å². The monoisotopic (exact) mass is 519 g/mol. The van der Waals surface area contributed by atoms with E-state index in [0.717, 1.165) is 47.1 Å². The summed E-state index contributed by atoms with van der Waals surface area (Å²) in [6.45, 7) is 5.33. The van der Waals surface area contributed by atoms with E-state index in [1.807, 2.05) is 57.2 Å². The summed E-state index contributed by atoms with van der Waals surface area (Å²) < 4.78 is 10.9. The fraction of sp³-hybridized carbons (Fsp3) is 0.433. The van der Waals surface area contributed by atoms with Gasteiger partial charge in [0.1, 0.15) is 18.8 Å². The first-order chi connectivity index (χ1) is 18.1. The summed E-state index contributed by atoms with van der Waals surface area (Å²) in [4.78, 5) is 37.3. The number of carbonyl (C=O) groups excluding carboxylic acids is 3. The van der Waals surface area contributed by atoms with Crippen LogP contribution in [0.25, 0.3) is 11.1 Å². The Morgan fingerprint density at radius 3 is 2.16 bits per heavy atom. The van der Waals surface area contributed by atoms with Gasteiger partial charge in [0.25, 0.3) is 0 Å². The molecule has 4 rings (SSSR count). The molecular weight excluding hydrogens is 482 g/mol. The van der Waals surface area contributed by atoms with E-state index in [1.54, 1.807) is 0 Å². The highest BCUT2D eigenvalue weighted by molar-refractivity contribution is 5.83. The zero-order valence-corrected chi connectivity index (χ0v) is 22.3. The minimum Gasteiger partial charge on any atom is -0.460 e. The minimum absolute atomic E-state index is 0.0619. The fourth-order valence-corrected chi connectivity index (χ4v) is 4.90. The van der Waals surface area contributed by atoms with Crippen LogP contribution >= 0.6 is 0 Å². The highest BCUT2D eigenvalue weighted by atomic mass is 16.6. The molecule has 0 heterocycles. The van der Waals surface area contributed by atoms with Gasteiger partial charge in [-0.25, -0.2) is 4.79 Å². The van der Waals surface area contributed by atoms with Gasteiger partial charge in [-0.3, -0.25) is 9.59 Å². The maximum absolute atomic E-state index is 12.7. The average molecular weight is 520 g/mol. The van der Waals surface area contributed by atoms with Crippen molar-refractivity contribution in [2.75, 3.05) is 13.2 Å². The quantitative estimate of drug-likeness (QED) is 0.419. The number of nitrogens with two attached hydrogens (primary N) is 1. The molecule has 0 radical (unpaired) electrons. The number of carbonyl (C=O) groups is 3. The van der Waals surface area contributed by atoms with Crippen LogP contribution in [0.1, 0.15) is 69.9 Å². The number of esters is 1. The van der Waals surface area contributed by atoms with Crippen molar-refractivity contribution in [1.82, 2.24) is 10.6 Å². The number of benzene rings is 2. The first kappa shape index (κ1) is 27.2. The van der Waals surface area contributed by atoms with Crippen molar-refractivity contribution < 1.29 is 23.9 Å². The van der Waals surface area contributed by atoms with Gasteiger partial charge in [-0.05, 0) is 74.3 Å². The van der Waals surface area contributed by atoms with Crippen molar-refractivity contribution >= 4 is 18.0 Å². The lowest BCUT2D eigenvalue weighted by molar-refractivity contribution is -0.155. The van der Waals surface area contributed by atoms with Crippen LogP contribution in [0.2, 0.25) is 0 Å². The second-order valence-corrected chi connectivity index (χ2v) is 10.8. The van der Waals surface area contributed by atoms with Crippen LogP contribution in [0.3, 0.4) is 0 Å². The van der Waals surface area contributed by atoms with E-state index in [1.165, 1.54) is 0 Å². The van der Waals surface area contributed by atoms with E-state index in [9.17, 15) is 14.4 Å². The lowest BCUT2D eigenvalue weighted by atomic mass is 9.87.